The molecular weight excluding hydrogens is 549 g/mol. The summed E-state index contributed by atoms with van der Waals surface area (Å²) in [5, 5.41) is 2.55. The lowest BCUT2D eigenvalue weighted by Crippen LogP contribution is -2.66. The molecule has 2 aliphatic carbocycles. The minimum atomic E-state index is -2.59. The third-order valence-corrected chi connectivity index (χ3v) is 14.9. The number of fused-ring (bicyclic) bond motifs is 1. The van der Waals surface area contributed by atoms with Gasteiger partial charge in [-0.05, 0) is 71.8 Å². The average molecular weight is 601 g/mol. The van der Waals surface area contributed by atoms with Gasteiger partial charge in [-0.15, -0.1) is 0 Å². The smallest absolute Gasteiger partial charge is 0.261 e. The van der Waals surface area contributed by atoms with Gasteiger partial charge < -0.3 is 13.9 Å². The fraction of sp³-hybridized carbons (Fsp3) is 0.553. The lowest BCUT2D eigenvalue weighted by molar-refractivity contribution is -0.302. The summed E-state index contributed by atoms with van der Waals surface area (Å²) in [6.07, 6.45) is 11.2. The molecule has 0 aromatic heterocycles. The molecule has 0 bridgehead atoms. The van der Waals surface area contributed by atoms with Gasteiger partial charge in [0.2, 0.25) is 0 Å². The Labute approximate surface area is 261 Å². The van der Waals surface area contributed by atoms with E-state index in [-0.39, 0.29) is 23.2 Å². The topological polar surface area (TPSA) is 44.8 Å². The molecule has 1 fully saturated rings. The van der Waals surface area contributed by atoms with Gasteiger partial charge in [0.05, 0.1) is 12.2 Å². The van der Waals surface area contributed by atoms with Crippen LogP contribution in [0.1, 0.15) is 80.6 Å². The molecular formula is C38H52O4Si. The Hall–Kier alpha value is -2.31. The van der Waals surface area contributed by atoms with Crippen molar-refractivity contribution in [1.82, 2.24) is 0 Å². The van der Waals surface area contributed by atoms with Crippen molar-refractivity contribution in [3.05, 3.63) is 84.5 Å². The Morgan fingerprint density at radius 3 is 2.05 bits per heavy atom. The van der Waals surface area contributed by atoms with Crippen LogP contribution in [0.3, 0.4) is 0 Å². The van der Waals surface area contributed by atoms with Crippen molar-refractivity contribution in [1.29, 1.82) is 0 Å². The van der Waals surface area contributed by atoms with Gasteiger partial charge in [0.15, 0.2) is 5.79 Å². The van der Waals surface area contributed by atoms with Crippen LogP contribution >= 0.6 is 0 Å². The zero-order valence-corrected chi connectivity index (χ0v) is 28.3. The van der Waals surface area contributed by atoms with Crippen LogP contribution in [0.25, 0.3) is 0 Å². The normalized spacial score (nSPS) is 29.2. The predicted molar refractivity (Wildman–Crippen MR) is 178 cm³/mol. The zero-order chi connectivity index (χ0) is 30.8. The first-order chi connectivity index (χ1) is 20.4. The van der Waals surface area contributed by atoms with Gasteiger partial charge in [-0.3, -0.25) is 4.79 Å². The number of benzene rings is 2. The maximum atomic E-state index is 13.1. The molecule has 0 spiro atoms. The molecule has 1 aliphatic heterocycles. The quantitative estimate of drug-likeness (QED) is 0.278. The first-order valence-electron chi connectivity index (χ1n) is 16.4. The van der Waals surface area contributed by atoms with Gasteiger partial charge in [-0.2, -0.15) is 0 Å². The molecule has 3 aliphatic rings. The number of carbonyl (C=O) groups is 1. The van der Waals surface area contributed by atoms with E-state index in [0.717, 1.165) is 25.7 Å². The Bertz CT molecular complexity index is 1250. The Morgan fingerprint density at radius 1 is 0.884 bits per heavy atom. The minimum Gasteiger partial charge on any atom is -0.407 e. The van der Waals surface area contributed by atoms with E-state index >= 15 is 0 Å². The molecule has 0 unspecified atom stereocenters. The van der Waals surface area contributed by atoms with E-state index in [0.29, 0.717) is 36.6 Å². The number of hydrogen-bond donors (Lipinski definition) is 0. The molecule has 4 nitrogen and oxygen atoms in total. The highest BCUT2D eigenvalue weighted by molar-refractivity contribution is 6.99. The Balaban J connectivity index is 1.28. The van der Waals surface area contributed by atoms with Crippen LogP contribution in [0.4, 0.5) is 0 Å². The van der Waals surface area contributed by atoms with Crippen LogP contribution in [-0.2, 0) is 18.7 Å². The fourth-order valence-electron chi connectivity index (χ4n) is 7.96. The molecule has 232 valence electrons. The summed E-state index contributed by atoms with van der Waals surface area (Å²) in [4.78, 5) is 13.1. The van der Waals surface area contributed by atoms with E-state index in [1.165, 1.54) is 15.9 Å². The van der Waals surface area contributed by atoms with Gasteiger partial charge in [0, 0.05) is 25.4 Å². The van der Waals surface area contributed by atoms with Gasteiger partial charge in [-0.25, -0.2) is 0 Å². The van der Waals surface area contributed by atoms with E-state index in [9.17, 15) is 4.79 Å². The molecule has 43 heavy (non-hydrogen) atoms. The van der Waals surface area contributed by atoms with E-state index in [1.54, 1.807) is 0 Å². The minimum absolute atomic E-state index is 0.0414. The fourth-order valence-corrected chi connectivity index (χ4v) is 12.5. The number of carbonyl (C=O) groups excluding carboxylic acids is 1. The number of hydrogen-bond acceptors (Lipinski definition) is 4. The van der Waals surface area contributed by atoms with Crippen LogP contribution in [0.5, 0.6) is 0 Å². The molecule has 5 rings (SSSR count). The third kappa shape index (κ3) is 7.01. The van der Waals surface area contributed by atoms with Crippen LogP contribution in [-0.4, -0.2) is 38.7 Å². The monoisotopic (exact) mass is 600 g/mol. The molecule has 1 heterocycles. The highest BCUT2D eigenvalue weighted by Crippen LogP contribution is 2.43. The van der Waals surface area contributed by atoms with Crippen molar-refractivity contribution in [3.63, 3.8) is 0 Å². The van der Waals surface area contributed by atoms with Crippen molar-refractivity contribution >= 4 is 24.5 Å². The van der Waals surface area contributed by atoms with Gasteiger partial charge in [-0.1, -0.05) is 114 Å². The molecule has 0 amide bonds. The number of ketones is 1. The van der Waals surface area contributed by atoms with Gasteiger partial charge in [0.1, 0.15) is 5.78 Å². The highest BCUT2D eigenvalue weighted by atomic mass is 28.4. The molecule has 5 heteroatoms. The van der Waals surface area contributed by atoms with E-state index in [4.69, 9.17) is 13.9 Å². The van der Waals surface area contributed by atoms with E-state index in [1.807, 2.05) is 13.8 Å². The highest BCUT2D eigenvalue weighted by Gasteiger charge is 2.50. The van der Waals surface area contributed by atoms with E-state index in [2.05, 4.69) is 114 Å². The number of ether oxygens (including phenoxy) is 2. The van der Waals surface area contributed by atoms with Gasteiger partial charge in [0.25, 0.3) is 8.32 Å². The number of Topliss-reactive ketones (excluding diaryl/α,β-unsaturated/α-hetero) is 1. The lowest BCUT2D eigenvalue weighted by Gasteiger charge is -2.44. The molecule has 0 N–H and O–H groups in total. The summed E-state index contributed by atoms with van der Waals surface area (Å²) >= 11 is 0. The molecule has 0 radical (unpaired) electrons. The summed E-state index contributed by atoms with van der Waals surface area (Å²) < 4.78 is 20.1. The molecule has 0 saturated carbocycles. The SMILES string of the molecule is C[C@H]1C=C2C=C[C@H](C)[C@H](CC[C@@H]3C[C@H](CCO[Si](c4ccccc4)(c4ccccc4)C(C)(C)C)OC(C)(C)O3)[C@H]2C(=O)C1. The predicted octanol–water partition coefficient (Wildman–Crippen LogP) is 7.62. The zero-order valence-electron chi connectivity index (χ0n) is 27.3. The Kier molecular flexibility index (Phi) is 9.68. The summed E-state index contributed by atoms with van der Waals surface area (Å²) in [6, 6.07) is 21.7. The van der Waals surface area contributed by atoms with Gasteiger partial charge >= 0.3 is 0 Å². The van der Waals surface area contributed by atoms with Crippen molar-refractivity contribution in [2.75, 3.05) is 6.61 Å². The second-order valence-corrected chi connectivity index (χ2v) is 19.0. The van der Waals surface area contributed by atoms with Crippen LogP contribution in [0, 0.1) is 23.7 Å². The largest absolute Gasteiger partial charge is 0.407 e. The lowest BCUT2D eigenvalue weighted by atomic mass is 9.66. The molecule has 6 atom stereocenters. The van der Waals surface area contributed by atoms with Crippen molar-refractivity contribution in [2.45, 2.75) is 104 Å². The first-order valence-corrected chi connectivity index (χ1v) is 18.3. The van der Waals surface area contributed by atoms with Crippen molar-refractivity contribution in [3.8, 4) is 0 Å². The summed E-state index contributed by atoms with van der Waals surface area (Å²) in [5.41, 5.74) is 1.23. The molecule has 2 aromatic rings. The van der Waals surface area contributed by atoms with Crippen LogP contribution in [0.15, 0.2) is 84.5 Å². The van der Waals surface area contributed by atoms with Crippen molar-refractivity contribution in [2.24, 2.45) is 23.7 Å². The number of allylic oxidation sites excluding steroid dienone is 4. The van der Waals surface area contributed by atoms with Crippen LogP contribution in [0.2, 0.25) is 5.04 Å². The summed E-state index contributed by atoms with van der Waals surface area (Å²) in [5.74, 6) is 0.872. The number of rotatable bonds is 9. The maximum absolute atomic E-state index is 13.1. The summed E-state index contributed by atoms with van der Waals surface area (Å²) in [6.45, 7) is 16.1. The van der Waals surface area contributed by atoms with Crippen molar-refractivity contribution < 1.29 is 18.7 Å². The van der Waals surface area contributed by atoms with E-state index < -0.39 is 14.1 Å². The average Bonchev–Trinajstić information content (AvgIpc) is 2.94. The maximum Gasteiger partial charge on any atom is 0.261 e. The first kappa shape index (κ1) is 32.1. The standard InChI is InChI=1S/C38H52O4Si/c1-27-24-29-19-18-28(2)34(36(29)35(39)25-27)21-20-30-26-31(42-38(6,7)41-30)22-23-40-43(37(3,4)5,32-14-10-8-11-15-32)33-16-12-9-13-17-33/h8-19,24,27-28,30-31,34,36H,20-23,25-26H2,1-7H3/t27-,28-,30+,31-,34-,36-/m0/s1. The summed E-state index contributed by atoms with van der Waals surface area (Å²) in [7, 11) is -2.59. The Morgan fingerprint density at radius 2 is 1.47 bits per heavy atom. The third-order valence-electron chi connectivity index (χ3n) is 9.83. The molecule has 1 saturated heterocycles. The second-order valence-electron chi connectivity index (χ2n) is 14.7. The second kappa shape index (κ2) is 13.0. The molecule has 2 aromatic carbocycles. The van der Waals surface area contributed by atoms with Crippen LogP contribution < -0.4 is 10.4 Å².